The molecule has 4 aromatic rings. The van der Waals surface area contributed by atoms with Crippen LogP contribution in [0, 0.1) is 0 Å². The van der Waals surface area contributed by atoms with Crippen molar-refractivity contribution in [2.75, 3.05) is 42.4 Å². The van der Waals surface area contributed by atoms with Crippen LogP contribution in [-0.4, -0.2) is 73.8 Å². The number of alkyl halides is 2. The van der Waals surface area contributed by atoms with E-state index in [9.17, 15) is 22.0 Å². The fourth-order valence-electron chi connectivity index (χ4n) is 5.75. The second-order valence-corrected chi connectivity index (χ2v) is 13.5. The Bertz CT molecular complexity index is 1920. The fourth-order valence-corrected chi connectivity index (χ4v) is 7.14. The van der Waals surface area contributed by atoms with Gasteiger partial charge in [-0.2, -0.15) is 0 Å². The maximum atomic E-state index is 13.4. The molecule has 3 aliphatic rings. The molecule has 45 heavy (non-hydrogen) atoms. The lowest BCUT2D eigenvalue weighted by molar-refractivity contribution is -0.0849. The molecule has 1 aliphatic carbocycles. The average molecular weight is 637 g/mol. The van der Waals surface area contributed by atoms with Gasteiger partial charge in [0.25, 0.3) is 11.8 Å². The second kappa shape index (κ2) is 11.2. The van der Waals surface area contributed by atoms with E-state index >= 15 is 0 Å². The van der Waals surface area contributed by atoms with Crippen LogP contribution in [0.4, 0.5) is 26.1 Å². The third-order valence-electron chi connectivity index (χ3n) is 8.41. The zero-order chi connectivity index (χ0) is 31.3. The summed E-state index contributed by atoms with van der Waals surface area (Å²) in [5, 5.41) is 3.63. The van der Waals surface area contributed by atoms with Crippen LogP contribution >= 0.6 is 0 Å². The number of hydrogen-bond donors (Lipinski definition) is 1. The molecule has 0 saturated heterocycles. The molecule has 0 spiro atoms. The SMILES string of the molecule is CN(c1cnc2c(c1)OCCN2c1ccc2cnc(CNC(=O)c3ccc4c(c3)S(=O)(=O)CCOC4)cc2n1)C1CC(F)(F)C1. The normalized spacial score (nSPS) is 18.6. The molecule has 1 fully saturated rings. The highest BCUT2D eigenvalue weighted by atomic mass is 32.2. The summed E-state index contributed by atoms with van der Waals surface area (Å²) in [5.74, 6) is -1.38. The van der Waals surface area contributed by atoms with Gasteiger partial charge in [-0.05, 0) is 35.9 Å². The van der Waals surface area contributed by atoms with Gasteiger partial charge in [0.2, 0.25) is 0 Å². The van der Waals surface area contributed by atoms with Crippen molar-refractivity contribution < 1.29 is 31.5 Å². The Kier molecular flexibility index (Phi) is 7.28. The Balaban J connectivity index is 1.07. The molecule has 3 aromatic heterocycles. The molecule has 0 unspecified atom stereocenters. The van der Waals surface area contributed by atoms with Crippen LogP contribution < -0.4 is 19.9 Å². The maximum absolute atomic E-state index is 13.4. The quantitative estimate of drug-likeness (QED) is 0.332. The molecule has 0 atom stereocenters. The van der Waals surface area contributed by atoms with E-state index in [0.29, 0.717) is 53.0 Å². The molecule has 0 bridgehead atoms. The molecule has 1 amide bonds. The lowest BCUT2D eigenvalue weighted by atomic mass is 9.87. The highest BCUT2D eigenvalue weighted by molar-refractivity contribution is 7.91. The Morgan fingerprint density at radius 3 is 2.78 bits per heavy atom. The molecule has 7 rings (SSSR count). The highest BCUT2D eigenvalue weighted by Crippen LogP contribution is 2.43. The summed E-state index contributed by atoms with van der Waals surface area (Å²) < 4.78 is 63.3. The number of sulfone groups is 1. The number of pyridine rings is 3. The number of aromatic nitrogens is 3. The minimum absolute atomic E-state index is 0.110. The van der Waals surface area contributed by atoms with E-state index in [0.717, 1.165) is 5.39 Å². The lowest BCUT2D eigenvalue weighted by Crippen LogP contribution is -2.49. The minimum atomic E-state index is -3.54. The predicted molar refractivity (Wildman–Crippen MR) is 162 cm³/mol. The summed E-state index contributed by atoms with van der Waals surface area (Å²) in [6.45, 7) is 1.31. The summed E-state index contributed by atoms with van der Waals surface area (Å²) in [5.41, 5.74) is 2.72. The molecule has 234 valence electrons. The topological polar surface area (TPSA) is 127 Å². The smallest absolute Gasteiger partial charge is 0.252 e. The van der Waals surface area contributed by atoms with Gasteiger partial charge in [0.05, 0.1) is 60.0 Å². The van der Waals surface area contributed by atoms with Gasteiger partial charge < -0.3 is 24.6 Å². The Labute approximate surface area is 258 Å². The van der Waals surface area contributed by atoms with E-state index < -0.39 is 21.7 Å². The highest BCUT2D eigenvalue weighted by Gasteiger charge is 2.47. The Morgan fingerprint density at radius 1 is 1.11 bits per heavy atom. The van der Waals surface area contributed by atoms with Gasteiger partial charge in [0, 0.05) is 49.1 Å². The summed E-state index contributed by atoms with van der Waals surface area (Å²) in [4.78, 5) is 30.8. The zero-order valence-electron chi connectivity index (χ0n) is 24.4. The van der Waals surface area contributed by atoms with E-state index in [4.69, 9.17) is 14.5 Å². The van der Waals surface area contributed by atoms with E-state index in [1.54, 1.807) is 37.6 Å². The van der Waals surface area contributed by atoms with E-state index in [2.05, 4.69) is 15.3 Å². The first-order valence-electron chi connectivity index (χ1n) is 14.5. The van der Waals surface area contributed by atoms with Gasteiger partial charge in [-0.25, -0.2) is 27.2 Å². The number of fused-ring (bicyclic) bond motifs is 3. The van der Waals surface area contributed by atoms with Crippen molar-refractivity contribution in [1.82, 2.24) is 20.3 Å². The molecular weight excluding hydrogens is 606 g/mol. The summed E-state index contributed by atoms with van der Waals surface area (Å²) in [6.07, 6.45) is 2.99. The van der Waals surface area contributed by atoms with E-state index in [-0.39, 0.29) is 54.9 Å². The first kappa shape index (κ1) is 29.3. The number of rotatable bonds is 6. The zero-order valence-corrected chi connectivity index (χ0v) is 25.2. The largest absolute Gasteiger partial charge is 0.488 e. The third kappa shape index (κ3) is 5.75. The first-order chi connectivity index (χ1) is 21.6. The van der Waals surface area contributed by atoms with Crippen LogP contribution in [0.15, 0.2) is 59.8 Å². The molecule has 1 saturated carbocycles. The van der Waals surface area contributed by atoms with Gasteiger partial charge in [0.15, 0.2) is 21.4 Å². The van der Waals surface area contributed by atoms with Crippen LogP contribution in [0.25, 0.3) is 10.9 Å². The van der Waals surface area contributed by atoms with Crippen LogP contribution in [-0.2, 0) is 27.7 Å². The van der Waals surface area contributed by atoms with E-state index in [1.165, 1.54) is 6.07 Å². The molecule has 5 heterocycles. The fraction of sp³-hybridized carbons (Fsp3) is 0.355. The number of carbonyl (C=O) groups excluding carboxylic acids is 1. The second-order valence-electron chi connectivity index (χ2n) is 11.5. The third-order valence-corrected chi connectivity index (χ3v) is 10.2. The van der Waals surface area contributed by atoms with Gasteiger partial charge in [-0.3, -0.25) is 9.78 Å². The Morgan fingerprint density at radius 2 is 1.96 bits per heavy atom. The number of amides is 1. The van der Waals surface area contributed by atoms with Crippen molar-refractivity contribution in [2.45, 2.75) is 42.9 Å². The van der Waals surface area contributed by atoms with Crippen molar-refractivity contribution in [3.05, 3.63) is 71.7 Å². The van der Waals surface area contributed by atoms with Crippen LogP contribution in [0.5, 0.6) is 5.75 Å². The maximum Gasteiger partial charge on any atom is 0.252 e. The minimum Gasteiger partial charge on any atom is -0.488 e. The Hall–Kier alpha value is -4.43. The standard InChI is InChI=1S/C31H30F2N6O5S/c1-38(24-13-31(32,33)14-24)23-12-26-29(35-17-23)39(6-7-44-26)28-5-4-20-15-34-22(11-25(20)37-28)16-36-30(40)19-2-3-21-18-43-8-9-45(41,42)27(21)10-19/h2-5,10-12,15,17,24H,6-9,13-14,16,18H2,1H3,(H,36,40). The van der Waals surface area contributed by atoms with Gasteiger partial charge in [-0.15, -0.1) is 0 Å². The molecule has 2 aliphatic heterocycles. The van der Waals surface area contributed by atoms with Crippen molar-refractivity contribution in [3.63, 3.8) is 0 Å². The van der Waals surface area contributed by atoms with Crippen molar-refractivity contribution in [2.24, 2.45) is 0 Å². The molecule has 1 aromatic carbocycles. The van der Waals surface area contributed by atoms with Gasteiger partial charge in [-0.1, -0.05) is 6.07 Å². The van der Waals surface area contributed by atoms with Crippen LogP contribution in [0.2, 0.25) is 0 Å². The molecular formula is C31H30F2N6O5S. The van der Waals surface area contributed by atoms with Crippen LogP contribution in [0.3, 0.4) is 0 Å². The summed E-state index contributed by atoms with van der Waals surface area (Å²) in [7, 11) is -1.75. The van der Waals surface area contributed by atoms with Crippen molar-refractivity contribution >= 4 is 44.0 Å². The van der Waals surface area contributed by atoms with E-state index in [1.807, 2.05) is 28.0 Å². The molecule has 14 heteroatoms. The number of carbonyl (C=O) groups is 1. The van der Waals surface area contributed by atoms with Crippen molar-refractivity contribution in [1.29, 1.82) is 0 Å². The molecule has 0 radical (unpaired) electrons. The predicted octanol–water partition coefficient (Wildman–Crippen LogP) is 4.02. The monoisotopic (exact) mass is 636 g/mol. The van der Waals surface area contributed by atoms with Gasteiger partial charge >= 0.3 is 0 Å². The van der Waals surface area contributed by atoms with Gasteiger partial charge in [0.1, 0.15) is 12.4 Å². The lowest BCUT2D eigenvalue weighted by Gasteiger charge is -2.42. The number of halogens is 2. The number of hydrogen-bond acceptors (Lipinski definition) is 10. The van der Waals surface area contributed by atoms with Crippen molar-refractivity contribution in [3.8, 4) is 5.75 Å². The molecule has 1 N–H and O–H groups in total. The molecule has 11 nitrogen and oxygen atoms in total. The average Bonchev–Trinajstić information content (AvgIpc) is 3.18. The first-order valence-corrected chi connectivity index (χ1v) is 16.2. The number of benzene rings is 1. The summed E-state index contributed by atoms with van der Waals surface area (Å²) >= 11 is 0. The number of anilines is 3. The summed E-state index contributed by atoms with van der Waals surface area (Å²) in [6, 6.07) is 11.7. The number of ether oxygens (including phenoxy) is 2. The number of nitrogens with zero attached hydrogens (tertiary/aromatic N) is 5. The number of nitrogens with one attached hydrogen (secondary N) is 1. The van der Waals surface area contributed by atoms with Crippen LogP contribution in [0.1, 0.15) is 34.5 Å².